The first kappa shape index (κ1) is 61.4. The zero-order valence-electron chi connectivity index (χ0n) is 43.0. The number of carbonyl (C=O) groups excluding carboxylic acids is 2. The molecule has 76 heavy (non-hydrogen) atoms. The van der Waals surface area contributed by atoms with Gasteiger partial charge < -0.3 is 50.7 Å². The van der Waals surface area contributed by atoms with Gasteiger partial charge in [0.25, 0.3) is 11.8 Å². The number of phenols is 3. The molecule has 6 rings (SSSR count). The number of carboxylic acid groups (broad SMARTS) is 3. The summed E-state index contributed by atoms with van der Waals surface area (Å²) >= 11 is 24.9. The Morgan fingerprint density at radius 3 is 1.26 bits per heavy atom. The summed E-state index contributed by atoms with van der Waals surface area (Å²) < 4.78 is 11.0. The standard InChI is InChI=1S/C20H24O4.C19H19Cl2NO4.C18H17Cl2NO5/c1-12(2)17-9-15(5-6-19(17)21)10-18-13(3)7-16(8-14(18)4)24-11-20(22)23;1-10(2)13-5-11(3-4-17(13)23)6-14-15(20)7-12(8-16(14)21)19(26)22-9-18(24)25;1-9(2)12-7-11(3-4-15(12)22)26-17-13(19)5-10(6-14(17)20)18(25)21-8-16(23)24/h5-9,12,21H,10-11H2,1-4H3,(H,22,23);3-5,7-8,10,23H,6,9H2,1-2H3,(H,22,26)(H,24,25);3-7,9,22H,8H2,1-2H3,(H,21,25)(H,23,24). The van der Waals surface area contributed by atoms with Gasteiger partial charge in [0.1, 0.15) is 41.8 Å². The fourth-order valence-corrected chi connectivity index (χ4v) is 8.79. The van der Waals surface area contributed by atoms with Crippen molar-refractivity contribution in [3.63, 3.8) is 0 Å². The van der Waals surface area contributed by atoms with Crippen LogP contribution in [0.1, 0.15) is 130 Å². The molecular weight excluding hydrogens is 1060 g/mol. The minimum Gasteiger partial charge on any atom is -0.508 e. The number of aliphatic carboxylic acids is 3. The van der Waals surface area contributed by atoms with Gasteiger partial charge >= 0.3 is 17.9 Å². The Labute approximate surface area is 461 Å². The summed E-state index contributed by atoms with van der Waals surface area (Å²) in [6.07, 6.45) is 1.20. The molecule has 0 atom stereocenters. The fraction of sp³-hybridized carbons (Fsp3) is 0.281. The molecule has 0 aliphatic carbocycles. The number of amides is 2. The molecule has 0 radical (unpaired) electrons. The molecule has 6 aromatic carbocycles. The van der Waals surface area contributed by atoms with E-state index in [-0.39, 0.29) is 62.8 Å². The number of nitrogens with one attached hydrogen (secondary N) is 2. The van der Waals surface area contributed by atoms with E-state index in [1.807, 2.05) is 71.9 Å². The highest BCUT2D eigenvalue weighted by Gasteiger charge is 2.19. The highest BCUT2D eigenvalue weighted by atomic mass is 35.5. The first-order valence-electron chi connectivity index (χ1n) is 23.7. The van der Waals surface area contributed by atoms with Crippen molar-refractivity contribution in [2.45, 2.75) is 86.0 Å². The maximum atomic E-state index is 12.0. The Kier molecular flexibility index (Phi) is 22.7. The number of carbonyl (C=O) groups is 5. The molecule has 0 spiro atoms. The summed E-state index contributed by atoms with van der Waals surface area (Å²) in [5.74, 6) is -2.05. The predicted molar refractivity (Wildman–Crippen MR) is 294 cm³/mol. The Morgan fingerprint density at radius 1 is 0.487 bits per heavy atom. The number of hydrogen-bond acceptors (Lipinski definition) is 10. The maximum absolute atomic E-state index is 12.0. The number of aromatic hydroxyl groups is 3. The summed E-state index contributed by atoms with van der Waals surface area (Å²) in [7, 11) is 0. The largest absolute Gasteiger partial charge is 0.508 e. The van der Waals surface area contributed by atoms with Crippen molar-refractivity contribution in [2.24, 2.45) is 0 Å². The van der Waals surface area contributed by atoms with Gasteiger partial charge in [-0.3, -0.25) is 19.2 Å². The van der Waals surface area contributed by atoms with Gasteiger partial charge in [-0.1, -0.05) is 112 Å². The Balaban J connectivity index is 0.000000247. The number of benzene rings is 6. The topological polar surface area (TPSA) is 249 Å². The van der Waals surface area contributed by atoms with Crippen LogP contribution in [0.3, 0.4) is 0 Å². The number of ether oxygens (including phenoxy) is 2. The molecule has 0 heterocycles. The molecule has 0 aromatic heterocycles. The number of hydrogen-bond donors (Lipinski definition) is 8. The average molecular weight is 1120 g/mol. The van der Waals surface area contributed by atoms with Crippen molar-refractivity contribution in [1.82, 2.24) is 10.6 Å². The third-order valence-electron chi connectivity index (χ3n) is 11.5. The molecular formula is C57H60Cl4N2O13. The van der Waals surface area contributed by atoms with Crippen LogP contribution in [-0.4, -0.2) is 80.1 Å². The number of aryl methyl sites for hydroxylation is 2. The van der Waals surface area contributed by atoms with Crippen LogP contribution in [-0.2, 0) is 27.2 Å². The summed E-state index contributed by atoms with van der Waals surface area (Å²) in [5, 5.41) is 61.0. The third-order valence-corrected chi connectivity index (χ3v) is 12.8. The van der Waals surface area contributed by atoms with E-state index in [0.29, 0.717) is 44.8 Å². The van der Waals surface area contributed by atoms with E-state index in [0.717, 1.165) is 39.8 Å². The van der Waals surface area contributed by atoms with Crippen molar-refractivity contribution >= 4 is 76.1 Å². The first-order chi connectivity index (χ1) is 35.6. The number of carboxylic acids is 3. The van der Waals surface area contributed by atoms with E-state index in [4.69, 9.17) is 71.2 Å². The Morgan fingerprint density at radius 2 is 0.868 bits per heavy atom. The van der Waals surface area contributed by atoms with Gasteiger partial charge in [-0.05, 0) is 149 Å². The summed E-state index contributed by atoms with van der Waals surface area (Å²) in [6, 6.07) is 25.2. The van der Waals surface area contributed by atoms with Crippen LogP contribution in [0.2, 0.25) is 20.1 Å². The van der Waals surface area contributed by atoms with Gasteiger partial charge in [-0.2, -0.15) is 0 Å². The highest BCUT2D eigenvalue weighted by Crippen LogP contribution is 2.40. The zero-order valence-corrected chi connectivity index (χ0v) is 46.0. The SMILES string of the molecule is CC(C)c1cc(Cc2c(Cl)cc(C(=O)NCC(=O)O)cc2Cl)ccc1O.CC(C)c1cc(Oc2c(Cl)cc(C(=O)NCC(=O)O)cc2Cl)ccc1O.Cc1cc(OCC(=O)O)cc(C)c1Cc1ccc(O)c(C(C)C)c1. The van der Waals surface area contributed by atoms with E-state index >= 15 is 0 Å². The molecule has 0 bridgehead atoms. The van der Waals surface area contributed by atoms with Crippen molar-refractivity contribution in [3.8, 4) is 34.5 Å². The highest BCUT2D eigenvalue weighted by molar-refractivity contribution is 6.38. The quantitative estimate of drug-likeness (QED) is 0.0399. The van der Waals surface area contributed by atoms with Gasteiger partial charge in [0.05, 0.1) is 10.0 Å². The lowest BCUT2D eigenvalue weighted by Crippen LogP contribution is -2.29. The van der Waals surface area contributed by atoms with Crippen molar-refractivity contribution in [2.75, 3.05) is 19.7 Å². The molecule has 19 heteroatoms. The molecule has 404 valence electrons. The van der Waals surface area contributed by atoms with Crippen molar-refractivity contribution in [1.29, 1.82) is 0 Å². The number of rotatable bonds is 18. The fourth-order valence-electron chi connectivity index (χ4n) is 7.61. The normalized spacial score (nSPS) is 10.8. The van der Waals surface area contributed by atoms with Gasteiger partial charge in [0.2, 0.25) is 0 Å². The molecule has 6 aromatic rings. The van der Waals surface area contributed by atoms with E-state index in [2.05, 4.69) is 24.5 Å². The lowest BCUT2D eigenvalue weighted by molar-refractivity contribution is -0.139. The molecule has 0 fully saturated rings. The second-order valence-corrected chi connectivity index (χ2v) is 20.1. The first-order valence-corrected chi connectivity index (χ1v) is 25.2. The number of phenolic OH excluding ortho intramolecular Hbond substituents is 3. The van der Waals surface area contributed by atoms with Crippen LogP contribution in [0.5, 0.6) is 34.5 Å². The van der Waals surface area contributed by atoms with Gasteiger partial charge in [-0.25, -0.2) is 4.79 Å². The van der Waals surface area contributed by atoms with Gasteiger partial charge in [-0.15, -0.1) is 0 Å². The molecule has 0 saturated carbocycles. The predicted octanol–water partition coefficient (Wildman–Crippen LogP) is 12.8. The molecule has 8 N–H and O–H groups in total. The second-order valence-electron chi connectivity index (χ2n) is 18.5. The second kappa shape index (κ2) is 28.1. The van der Waals surface area contributed by atoms with Crippen molar-refractivity contribution < 1.29 is 64.1 Å². The molecule has 2 amide bonds. The van der Waals surface area contributed by atoms with Crippen LogP contribution in [0.15, 0.2) is 91.0 Å². The van der Waals surface area contributed by atoms with Gasteiger partial charge in [0.15, 0.2) is 12.4 Å². The minimum atomic E-state index is -1.16. The third kappa shape index (κ3) is 18.0. The van der Waals surface area contributed by atoms with E-state index in [1.54, 1.807) is 30.3 Å². The summed E-state index contributed by atoms with van der Waals surface area (Å²) in [4.78, 5) is 55.6. The van der Waals surface area contributed by atoms with Crippen LogP contribution in [0.4, 0.5) is 0 Å². The summed E-state index contributed by atoms with van der Waals surface area (Å²) in [5.41, 5.74) is 8.84. The average Bonchev–Trinajstić information content (AvgIpc) is 3.34. The van der Waals surface area contributed by atoms with Crippen LogP contribution >= 0.6 is 46.4 Å². The van der Waals surface area contributed by atoms with E-state index < -0.39 is 42.8 Å². The van der Waals surface area contributed by atoms with E-state index in [9.17, 15) is 39.3 Å². The zero-order chi connectivity index (χ0) is 56.7. The van der Waals surface area contributed by atoms with Gasteiger partial charge in [0, 0.05) is 33.2 Å². The van der Waals surface area contributed by atoms with Crippen LogP contribution in [0, 0.1) is 13.8 Å². The maximum Gasteiger partial charge on any atom is 0.341 e. The number of halogens is 4. The molecule has 0 saturated heterocycles. The lowest BCUT2D eigenvalue weighted by atomic mass is 9.93. The Bertz CT molecular complexity index is 2890. The monoisotopic (exact) mass is 1120 g/mol. The van der Waals surface area contributed by atoms with Crippen molar-refractivity contribution in [3.05, 3.63) is 172 Å². The molecule has 0 aliphatic rings. The Hall–Kier alpha value is -7.17. The summed E-state index contributed by atoms with van der Waals surface area (Å²) in [6.45, 7) is 14.6. The van der Waals surface area contributed by atoms with Crippen LogP contribution < -0.4 is 20.1 Å². The molecule has 0 aliphatic heterocycles. The van der Waals surface area contributed by atoms with Crippen LogP contribution in [0.25, 0.3) is 0 Å². The molecule has 15 nitrogen and oxygen atoms in total. The van der Waals surface area contributed by atoms with E-state index in [1.165, 1.54) is 35.9 Å². The smallest absolute Gasteiger partial charge is 0.341 e. The lowest BCUT2D eigenvalue weighted by Gasteiger charge is -2.15. The molecule has 0 unspecified atom stereocenters. The minimum absolute atomic E-state index is 0.0878.